The molecular weight excluding hydrogens is 732 g/mol. The van der Waals surface area contributed by atoms with Crippen LogP contribution < -0.4 is 18.9 Å². The fourth-order valence-electron chi connectivity index (χ4n) is 6.70. The minimum Gasteiger partial charge on any atom is -0.508 e. The molecule has 0 aliphatic carbocycles. The van der Waals surface area contributed by atoms with E-state index < -0.39 is 116 Å². The lowest BCUT2D eigenvalue weighted by atomic mass is 9.85. The minimum absolute atomic E-state index is 0.0149. The van der Waals surface area contributed by atoms with Gasteiger partial charge in [0.1, 0.15) is 46.2 Å². The van der Waals surface area contributed by atoms with Gasteiger partial charge in [0.15, 0.2) is 46.4 Å². The molecule has 0 aromatic heterocycles. The molecule has 0 amide bonds. The van der Waals surface area contributed by atoms with Crippen molar-refractivity contribution in [2.45, 2.75) is 30.2 Å². The summed E-state index contributed by atoms with van der Waals surface area (Å²) in [6.45, 7) is 0. The average Bonchev–Trinajstić information content (AvgIpc) is 3.11. The number of ketones is 1. The van der Waals surface area contributed by atoms with Gasteiger partial charge in [-0.1, -0.05) is 0 Å². The Hall–Kier alpha value is -7.60. The third kappa shape index (κ3) is 5.14. The zero-order chi connectivity index (χ0) is 39.3. The number of ether oxygens (including phenoxy) is 5. The first-order valence-corrected chi connectivity index (χ1v) is 16.0. The summed E-state index contributed by atoms with van der Waals surface area (Å²) in [6.07, 6.45) is -3.00. The van der Waals surface area contributed by atoms with Crippen molar-refractivity contribution in [1.82, 2.24) is 0 Å². The highest BCUT2D eigenvalue weighted by molar-refractivity contribution is 6.08. The number of hydrogen-bond donors (Lipinski definition) is 11. The van der Waals surface area contributed by atoms with Gasteiger partial charge in [-0.2, -0.15) is 0 Å². The number of aliphatic hydroxyl groups is 1. The van der Waals surface area contributed by atoms with E-state index in [4.69, 9.17) is 23.7 Å². The van der Waals surface area contributed by atoms with Gasteiger partial charge in [0.25, 0.3) is 5.78 Å². The van der Waals surface area contributed by atoms with Gasteiger partial charge in [0.2, 0.25) is 5.75 Å². The van der Waals surface area contributed by atoms with Crippen LogP contribution >= 0.6 is 0 Å². The molecule has 55 heavy (non-hydrogen) atoms. The zero-order valence-electron chi connectivity index (χ0n) is 27.5. The van der Waals surface area contributed by atoms with Crippen LogP contribution in [0.15, 0.2) is 66.7 Å². The van der Waals surface area contributed by atoms with Crippen LogP contribution in [0.5, 0.6) is 80.5 Å². The van der Waals surface area contributed by atoms with Gasteiger partial charge in [-0.25, -0.2) is 4.79 Å². The van der Waals surface area contributed by atoms with Gasteiger partial charge in [-0.05, 0) is 42.5 Å². The molecule has 0 radical (unpaired) electrons. The number of carbonyl (C=O) groups excluding carboxylic acids is 2. The van der Waals surface area contributed by atoms with Gasteiger partial charge in [-0.15, -0.1) is 0 Å². The number of carbonyl (C=O) groups is 2. The fraction of sp³-hybridized carbons (Fsp3) is 0.135. The molecule has 0 fully saturated rings. The highest BCUT2D eigenvalue weighted by Gasteiger charge is 2.71. The maximum Gasteiger partial charge on any atom is 0.358 e. The van der Waals surface area contributed by atoms with Crippen molar-refractivity contribution in [1.29, 1.82) is 0 Å². The van der Waals surface area contributed by atoms with Crippen molar-refractivity contribution in [3.8, 4) is 80.5 Å². The van der Waals surface area contributed by atoms with Crippen molar-refractivity contribution in [3.63, 3.8) is 0 Å². The normalized spacial score (nSPS) is 21.9. The maximum absolute atomic E-state index is 14.0. The number of aromatic hydroxyl groups is 10. The van der Waals surface area contributed by atoms with Crippen LogP contribution in [0.3, 0.4) is 0 Å². The minimum atomic E-state index is -3.30. The quantitative estimate of drug-likeness (QED) is 0.0926. The van der Waals surface area contributed by atoms with E-state index in [0.717, 1.165) is 60.7 Å². The molecule has 0 spiro atoms. The number of hydrogen-bond acceptors (Lipinski definition) is 18. The van der Waals surface area contributed by atoms with E-state index in [0.29, 0.717) is 0 Å². The second-order valence-corrected chi connectivity index (χ2v) is 12.8. The van der Waals surface area contributed by atoms with E-state index in [1.807, 2.05) is 0 Å². The Bertz CT molecular complexity index is 2470. The van der Waals surface area contributed by atoms with Crippen LogP contribution in [-0.2, 0) is 16.9 Å². The Kier molecular flexibility index (Phi) is 7.34. The van der Waals surface area contributed by atoms with E-state index in [1.54, 1.807) is 0 Å². The second kappa shape index (κ2) is 11.7. The van der Waals surface area contributed by atoms with E-state index in [-0.39, 0.29) is 34.6 Å². The molecule has 3 heterocycles. The summed E-state index contributed by atoms with van der Waals surface area (Å²) < 4.78 is 29.5. The molecule has 282 valence electrons. The average molecular weight is 759 g/mol. The fourth-order valence-corrected chi connectivity index (χ4v) is 6.70. The number of phenols is 10. The number of esters is 1. The van der Waals surface area contributed by atoms with Crippen LogP contribution in [0, 0.1) is 0 Å². The number of Topliss-reactive ketones (excluding diaryl/α,β-unsaturated/α-hetero) is 1. The first-order valence-electron chi connectivity index (χ1n) is 16.0. The van der Waals surface area contributed by atoms with Crippen LogP contribution in [0.25, 0.3) is 0 Å². The Morgan fingerprint density at radius 1 is 0.655 bits per heavy atom. The third-order valence-corrected chi connectivity index (χ3v) is 9.28. The van der Waals surface area contributed by atoms with Crippen molar-refractivity contribution in [3.05, 3.63) is 94.5 Å². The monoisotopic (exact) mass is 758 g/mol. The topological polar surface area (TPSA) is 303 Å². The lowest BCUT2D eigenvalue weighted by Crippen LogP contribution is -2.70. The Labute approximate surface area is 306 Å². The lowest BCUT2D eigenvalue weighted by Gasteiger charge is -2.50. The van der Waals surface area contributed by atoms with E-state index >= 15 is 0 Å². The lowest BCUT2D eigenvalue weighted by molar-refractivity contribution is -0.316. The molecule has 3 aliphatic heterocycles. The molecule has 18 heteroatoms. The predicted molar refractivity (Wildman–Crippen MR) is 178 cm³/mol. The van der Waals surface area contributed by atoms with Gasteiger partial charge in [0.05, 0.1) is 5.56 Å². The summed E-state index contributed by atoms with van der Waals surface area (Å²) in [4.78, 5) is 27.8. The smallest absolute Gasteiger partial charge is 0.358 e. The van der Waals surface area contributed by atoms with Crippen LogP contribution in [0.4, 0.5) is 0 Å². The van der Waals surface area contributed by atoms with Crippen molar-refractivity contribution >= 4 is 11.8 Å². The number of benzene rings is 5. The van der Waals surface area contributed by atoms with Crippen LogP contribution in [-0.4, -0.2) is 79.8 Å². The molecule has 3 aliphatic rings. The summed E-state index contributed by atoms with van der Waals surface area (Å²) in [7, 11) is 0. The van der Waals surface area contributed by atoms with E-state index in [2.05, 4.69) is 0 Å². The Morgan fingerprint density at radius 3 is 2.00 bits per heavy atom. The molecule has 0 bridgehead atoms. The molecule has 18 nitrogen and oxygen atoms in total. The van der Waals surface area contributed by atoms with Gasteiger partial charge < -0.3 is 79.9 Å². The Morgan fingerprint density at radius 2 is 1.31 bits per heavy atom. The molecule has 5 aromatic carbocycles. The predicted octanol–water partition coefficient (Wildman–Crippen LogP) is 3.23. The van der Waals surface area contributed by atoms with Crippen LogP contribution in [0.2, 0.25) is 0 Å². The molecule has 0 saturated carbocycles. The maximum atomic E-state index is 14.0. The zero-order valence-corrected chi connectivity index (χ0v) is 27.5. The molecule has 4 atom stereocenters. The SMILES string of the molecule is O=C(OC1Cc2c(O)cc(O)cc2OC1c1cc(O)c(O)c(O)c1)c1cc(O)c2c(c1)OC1(c3ccc(O)c(O)c3)Oc3cc(O)cc(O)c3C(=O)C1(O)O2. The van der Waals surface area contributed by atoms with Crippen molar-refractivity contribution in [2.24, 2.45) is 0 Å². The van der Waals surface area contributed by atoms with Crippen molar-refractivity contribution in [2.75, 3.05) is 0 Å². The summed E-state index contributed by atoms with van der Waals surface area (Å²) in [6, 6.07) is 10.6. The number of fused-ring (bicyclic) bond motifs is 4. The summed E-state index contributed by atoms with van der Waals surface area (Å²) in [5.74, 6) is -17.4. The summed E-state index contributed by atoms with van der Waals surface area (Å²) in [5.41, 5.74) is -1.41. The number of rotatable bonds is 4. The summed E-state index contributed by atoms with van der Waals surface area (Å²) in [5, 5.41) is 115. The standard InChI is InChI=1S/C37H26O18/c38-16-8-20(41)18-12-28(32(51-26(18)10-16)13-3-23(44)31(47)24(45)4-13)52-35(49)14-5-25(46)33-29(6-14)54-37(15-1-2-19(40)21(42)7-15)36(50,55-33)34(48)30-22(43)9-17(39)11-27(30)53-37/h1-11,28,32,38-47,50H,12H2. The second-order valence-electron chi connectivity index (χ2n) is 12.8. The molecular formula is C37H26O18. The Balaban J connectivity index is 1.21. The molecule has 0 saturated heterocycles. The van der Waals surface area contributed by atoms with Gasteiger partial charge in [0, 0.05) is 47.4 Å². The van der Waals surface area contributed by atoms with E-state index in [1.165, 1.54) is 6.07 Å². The molecule has 8 rings (SSSR count). The van der Waals surface area contributed by atoms with Gasteiger partial charge in [-0.3, -0.25) is 4.79 Å². The van der Waals surface area contributed by atoms with Crippen molar-refractivity contribution < 1.29 is 89.4 Å². The van der Waals surface area contributed by atoms with Gasteiger partial charge >= 0.3 is 17.5 Å². The summed E-state index contributed by atoms with van der Waals surface area (Å²) >= 11 is 0. The molecule has 4 unspecified atom stereocenters. The van der Waals surface area contributed by atoms with E-state index in [9.17, 15) is 65.8 Å². The highest BCUT2D eigenvalue weighted by Crippen LogP contribution is 2.57. The highest BCUT2D eigenvalue weighted by atomic mass is 16.8. The largest absolute Gasteiger partial charge is 0.508 e. The third-order valence-electron chi connectivity index (χ3n) is 9.28. The molecule has 11 N–H and O–H groups in total. The van der Waals surface area contributed by atoms with Crippen LogP contribution in [0.1, 0.15) is 43.5 Å². The number of phenolic OH excluding ortho intramolecular Hbond substituents is 10. The first-order chi connectivity index (χ1) is 26.0. The molecule has 5 aromatic rings. The first kappa shape index (κ1) is 34.5.